The van der Waals surface area contributed by atoms with Gasteiger partial charge in [-0.25, -0.2) is 24.6 Å². The predicted molar refractivity (Wildman–Crippen MR) is 215 cm³/mol. The molecule has 4 aromatic rings. The second-order valence-electron chi connectivity index (χ2n) is 16.8. The summed E-state index contributed by atoms with van der Waals surface area (Å²) >= 11 is 0. The Hall–Kier alpha value is -4.09. The number of anilines is 1. The van der Waals surface area contributed by atoms with Crippen molar-refractivity contribution in [3.63, 3.8) is 0 Å². The molecule has 0 spiro atoms. The van der Waals surface area contributed by atoms with Crippen LogP contribution in [0.3, 0.4) is 0 Å². The molecule has 55 heavy (non-hydrogen) atoms. The highest BCUT2D eigenvalue weighted by molar-refractivity contribution is 7.32. The lowest BCUT2D eigenvalue weighted by Crippen LogP contribution is -2.61. The standard InChI is InChI=1S/C41H54N5O7Si2/c1-24(2)54(25(3)4)55(26(5)6,27(7)8)53-52-35-31(21-50-40(49)28-17-13-12-14-18-28)51-39-32(35)34(47)29-19-15-16-20-30(29)38(48)46(41(9,10)11)37-33-36(42-22-43-37)45(39)23-44-33/h12-20,22-27,31-32,35,39H,21H2,1-11H3/t31-,32-,35-,39-/m1/s1. The molecule has 6 rings (SSSR count). The Balaban J connectivity index is 1.54. The predicted octanol–water partition coefficient (Wildman–Crippen LogP) is 8.31. The number of nitrogens with zero attached hydrogens (tertiary/aromatic N) is 5. The van der Waals surface area contributed by atoms with E-state index in [9.17, 15) is 9.59 Å². The van der Waals surface area contributed by atoms with E-state index >= 15 is 4.79 Å². The van der Waals surface area contributed by atoms with E-state index in [1.54, 1.807) is 64.3 Å². The zero-order valence-electron chi connectivity index (χ0n) is 33.8. The summed E-state index contributed by atoms with van der Waals surface area (Å²) in [6.07, 6.45) is -0.0625. The highest BCUT2D eigenvalue weighted by Gasteiger charge is 2.58. The third kappa shape index (κ3) is 7.34. The molecular weight excluding hydrogens is 731 g/mol. The number of hydrogen-bond donors (Lipinski definition) is 0. The molecule has 4 bridgehead atoms. The van der Waals surface area contributed by atoms with Crippen LogP contribution in [-0.2, 0) is 18.9 Å². The van der Waals surface area contributed by atoms with Crippen LogP contribution in [0.15, 0.2) is 67.3 Å². The second-order valence-corrected chi connectivity index (χ2v) is 28.2. The fraction of sp³-hybridized carbons (Fsp3) is 0.512. The smallest absolute Gasteiger partial charge is 0.338 e. The van der Waals surface area contributed by atoms with E-state index in [4.69, 9.17) is 23.9 Å². The van der Waals surface area contributed by atoms with Gasteiger partial charge in [-0.1, -0.05) is 103 Å². The summed E-state index contributed by atoms with van der Waals surface area (Å²) in [6, 6.07) is 15.5. The average Bonchev–Trinajstić information content (AvgIpc) is 3.72. The second kappa shape index (κ2) is 15.8. The van der Waals surface area contributed by atoms with Crippen LogP contribution < -0.4 is 4.90 Å². The zero-order chi connectivity index (χ0) is 40.0. The van der Waals surface area contributed by atoms with E-state index in [-0.39, 0.29) is 34.6 Å². The molecule has 2 aromatic heterocycles. The van der Waals surface area contributed by atoms with Gasteiger partial charge >= 0.3 is 5.97 Å². The number of ether oxygens (including phenoxy) is 2. The number of Topliss-reactive ketones (excluding diaryl/α,β-unsaturated/α-hetero) is 1. The van der Waals surface area contributed by atoms with Crippen molar-refractivity contribution in [2.75, 3.05) is 11.5 Å². The van der Waals surface area contributed by atoms with Crippen LogP contribution in [0.25, 0.3) is 11.2 Å². The van der Waals surface area contributed by atoms with Gasteiger partial charge in [0.25, 0.3) is 5.91 Å². The quantitative estimate of drug-likeness (QED) is 0.0633. The molecule has 1 amide bonds. The Morgan fingerprint density at radius 3 is 2.09 bits per heavy atom. The highest BCUT2D eigenvalue weighted by Crippen LogP contribution is 2.47. The van der Waals surface area contributed by atoms with E-state index in [0.29, 0.717) is 33.6 Å². The maximum Gasteiger partial charge on any atom is 0.338 e. The number of esters is 1. The number of amides is 1. The van der Waals surface area contributed by atoms with E-state index in [2.05, 4.69) is 65.4 Å². The van der Waals surface area contributed by atoms with Crippen LogP contribution in [0.4, 0.5) is 5.82 Å². The molecule has 4 atom stereocenters. The zero-order valence-corrected chi connectivity index (χ0v) is 35.8. The third-order valence-corrected chi connectivity index (χ3v) is 27.9. The van der Waals surface area contributed by atoms with Crippen molar-refractivity contribution in [3.05, 3.63) is 83.9 Å². The minimum Gasteiger partial charge on any atom is -0.459 e. The number of carbonyl (C=O) groups excluding carboxylic acids is 3. The van der Waals surface area contributed by atoms with Crippen molar-refractivity contribution in [3.8, 4) is 0 Å². The summed E-state index contributed by atoms with van der Waals surface area (Å²) in [7, 11) is -3.87. The van der Waals surface area contributed by atoms with E-state index < -0.39 is 57.9 Å². The first-order valence-corrected chi connectivity index (χ1v) is 24.0. The SMILES string of the molecule is CC(C)[Si](C(C)C)[Si](OO[C@H]1[C@H]2C(=O)c3ccccc3C(=O)N(C(C)(C)C)c3ncnc4c3ncn4[C@@H]2O[C@@H]1COC(=O)c1ccccc1)(C(C)C)C(C)C. The Kier molecular flexibility index (Phi) is 11.7. The van der Waals surface area contributed by atoms with Gasteiger partial charge in [0.05, 0.1) is 31.7 Å². The summed E-state index contributed by atoms with van der Waals surface area (Å²) in [4.78, 5) is 65.6. The topological polar surface area (TPSA) is 135 Å². The number of aromatic nitrogens is 4. The van der Waals surface area contributed by atoms with Gasteiger partial charge in [-0.2, -0.15) is 0 Å². The number of ketones is 1. The third-order valence-electron chi connectivity index (χ3n) is 10.9. The van der Waals surface area contributed by atoms with Gasteiger partial charge in [-0.05, 0) is 50.1 Å². The summed E-state index contributed by atoms with van der Waals surface area (Å²) in [5, 5.41) is 0. The summed E-state index contributed by atoms with van der Waals surface area (Å²) < 4.78 is 21.5. The fourth-order valence-corrected chi connectivity index (χ4v) is 25.1. The lowest BCUT2D eigenvalue weighted by atomic mass is 9.88. The lowest BCUT2D eigenvalue weighted by molar-refractivity contribution is -0.271. The lowest BCUT2D eigenvalue weighted by Gasteiger charge is -2.46. The molecule has 1 radical (unpaired) electrons. The molecule has 293 valence electrons. The van der Waals surface area contributed by atoms with Crippen LogP contribution in [0, 0.1) is 5.92 Å². The Morgan fingerprint density at radius 2 is 1.49 bits per heavy atom. The summed E-state index contributed by atoms with van der Waals surface area (Å²) in [6.45, 7) is 23.4. The molecule has 2 aromatic carbocycles. The van der Waals surface area contributed by atoms with Gasteiger partial charge in [0.15, 0.2) is 22.8 Å². The minimum absolute atomic E-state index is 0.191. The van der Waals surface area contributed by atoms with Gasteiger partial charge in [0.1, 0.15) is 31.4 Å². The Labute approximate surface area is 326 Å². The number of imidazole rings is 1. The monoisotopic (exact) mass is 784 g/mol. The van der Waals surface area contributed by atoms with Crippen LogP contribution in [0.2, 0.25) is 22.2 Å². The molecule has 2 aliphatic heterocycles. The maximum absolute atomic E-state index is 15.3. The maximum atomic E-state index is 15.3. The molecule has 12 nitrogen and oxygen atoms in total. The van der Waals surface area contributed by atoms with E-state index in [1.165, 1.54) is 6.33 Å². The van der Waals surface area contributed by atoms with Gasteiger partial charge in [0, 0.05) is 11.1 Å². The normalized spacial score (nSPS) is 20.6. The van der Waals surface area contributed by atoms with Crippen molar-refractivity contribution in [1.29, 1.82) is 0 Å². The highest BCUT2D eigenvalue weighted by atomic mass is 29.2. The van der Waals surface area contributed by atoms with Crippen LogP contribution in [-0.4, -0.2) is 77.7 Å². The van der Waals surface area contributed by atoms with Crippen LogP contribution >= 0.6 is 0 Å². The fourth-order valence-electron chi connectivity index (χ4n) is 8.69. The molecule has 1 saturated heterocycles. The minimum atomic E-state index is -2.72. The Bertz CT molecular complexity index is 2010. The number of carbonyl (C=O) groups is 3. The number of rotatable bonds is 11. The molecule has 0 unspecified atom stereocenters. The molecule has 2 aliphatic rings. The number of hydrogen-bond acceptors (Lipinski definition) is 10. The van der Waals surface area contributed by atoms with Crippen molar-refractivity contribution in [2.45, 2.75) is 122 Å². The molecule has 14 heteroatoms. The summed E-state index contributed by atoms with van der Waals surface area (Å²) in [5.41, 5.74) is 1.98. The molecule has 0 saturated carbocycles. The first kappa shape index (κ1) is 40.6. The number of benzene rings is 2. The van der Waals surface area contributed by atoms with Crippen molar-refractivity contribution in [2.24, 2.45) is 5.92 Å². The van der Waals surface area contributed by atoms with Gasteiger partial charge < -0.3 is 9.47 Å². The van der Waals surface area contributed by atoms with Gasteiger partial charge in [-0.15, -0.1) is 0 Å². The summed E-state index contributed by atoms with van der Waals surface area (Å²) in [5.74, 6) is -2.07. The van der Waals surface area contributed by atoms with Crippen molar-refractivity contribution in [1.82, 2.24) is 19.5 Å². The van der Waals surface area contributed by atoms with Gasteiger partial charge in [0.2, 0.25) is 7.83 Å². The Morgan fingerprint density at radius 1 is 0.873 bits per heavy atom. The largest absolute Gasteiger partial charge is 0.459 e. The van der Waals surface area contributed by atoms with Crippen molar-refractivity contribution < 1.29 is 33.3 Å². The molecule has 1 fully saturated rings. The number of fused-ring (bicyclic) bond motifs is 3. The van der Waals surface area contributed by atoms with Crippen molar-refractivity contribution >= 4 is 50.8 Å². The molecule has 0 aliphatic carbocycles. The van der Waals surface area contributed by atoms with Gasteiger partial charge in [-0.3, -0.25) is 23.6 Å². The van der Waals surface area contributed by atoms with E-state index in [0.717, 1.165) is 0 Å². The average molecular weight is 785 g/mol. The van der Waals surface area contributed by atoms with Crippen LogP contribution in [0.1, 0.15) is 113 Å². The molecule has 0 N–H and O–H groups in total. The van der Waals surface area contributed by atoms with Crippen LogP contribution in [0.5, 0.6) is 0 Å². The first-order chi connectivity index (χ1) is 26.0. The first-order valence-electron chi connectivity index (χ1n) is 19.2. The molecular formula is C41H54N5O7Si2. The molecule has 4 heterocycles. The van der Waals surface area contributed by atoms with E-state index in [1.807, 2.05) is 26.8 Å².